The van der Waals surface area contributed by atoms with E-state index in [0.717, 1.165) is 9.79 Å². The van der Waals surface area contributed by atoms with Gasteiger partial charge in [-0.1, -0.05) is 36.0 Å². The van der Waals surface area contributed by atoms with Gasteiger partial charge >= 0.3 is 0 Å². The maximum absolute atomic E-state index is 12.3. The summed E-state index contributed by atoms with van der Waals surface area (Å²) in [4.78, 5) is 18.8. The van der Waals surface area contributed by atoms with Crippen LogP contribution in [0, 0.1) is 11.3 Å². The number of benzene rings is 2. The summed E-state index contributed by atoms with van der Waals surface area (Å²) < 4.78 is 0. The molecule has 0 bridgehead atoms. The number of carbonyl (C=O) groups is 1. The first kappa shape index (κ1) is 15.1. The van der Waals surface area contributed by atoms with E-state index in [1.807, 2.05) is 30.3 Å². The van der Waals surface area contributed by atoms with Gasteiger partial charge in [-0.15, -0.1) is 0 Å². The van der Waals surface area contributed by atoms with Gasteiger partial charge in [-0.05, 0) is 24.3 Å². The number of carbonyl (C=O) groups excluding carboxylic acids is 1. The van der Waals surface area contributed by atoms with Crippen LogP contribution in [0.15, 0.2) is 58.3 Å². The zero-order valence-electron chi connectivity index (χ0n) is 11.7. The van der Waals surface area contributed by atoms with Gasteiger partial charge in [0.05, 0.1) is 18.2 Å². The number of amides is 1. The highest BCUT2D eigenvalue weighted by molar-refractivity contribution is 7.99. The van der Waals surface area contributed by atoms with Crippen LogP contribution < -0.4 is 0 Å². The van der Waals surface area contributed by atoms with Crippen LogP contribution in [0.25, 0.3) is 0 Å². The first-order valence-electron chi connectivity index (χ1n) is 6.25. The molecule has 0 N–H and O–H groups in total. The molecule has 0 aliphatic heterocycles. The van der Waals surface area contributed by atoms with E-state index >= 15 is 0 Å². The molecule has 0 unspecified atom stereocenters. The Labute approximate surface area is 127 Å². The molecule has 0 saturated carbocycles. The van der Waals surface area contributed by atoms with Crippen molar-refractivity contribution < 1.29 is 9.63 Å². The number of rotatable bonds is 4. The minimum Gasteiger partial charge on any atom is -0.274 e. The van der Waals surface area contributed by atoms with E-state index < -0.39 is 0 Å². The zero-order chi connectivity index (χ0) is 15.2. The number of nitriles is 1. The molecule has 4 nitrogen and oxygen atoms in total. The highest BCUT2D eigenvalue weighted by Gasteiger charge is 2.16. The average molecular weight is 298 g/mol. The van der Waals surface area contributed by atoms with Crippen molar-refractivity contribution in [2.75, 3.05) is 14.2 Å². The standard InChI is InChI=1S/C16H14N2O2S/c1-18(20-2)16(19)13-8-4-6-10-15(13)21-14-9-5-3-7-12(14)11-17/h3-10H,1-2H3. The second-order valence-electron chi connectivity index (χ2n) is 4.19. The summed E-state index contributed by atoms with van der Waals surface area (Å²) in [6, 6.07) is 16.7. The Morgan fingerprint density at radius 2 is 1.76 bits per heavy atom. The van der Waals surface area contributed by atoms with Crippen molar-refractivity contribution >= 4 is 17.7 Å². The van der Waals surface area contributed by atoms with Crippen LogP contribution in [0.1, 0.15) is 15.9 Å². The highest BCUT2D eigenvalue weighted by Crippen LogP contribution is 2.32. The monoisotopic (exact) mass is 298 g/mol. The highest BCUT2D eigenvalue weighted by atomic mass is 32.2. The quantitative estimate of drug-likeness (QED) is 0.812. The molecule has 2 aromatic rings. The summed E-state index contributed by atoms with van der Waals surface area (Å²) in [6.07, 6.45) is 0. The minimum atomic E-state index is -0.227. The van der Waals surface area contributed by atoms with Crippen LogP contribution in [-0.2, 0) is 4.84 Å². The zero-order valence-corrected chi connectivity index (χ0v) is 12.6. The summed E-state index contributed by atoms with van der Waals surface area (Å²) in [5.74, 6) is -0.227. The fraction of sp³-hybridized carbons (Fsp3) is 0.125. The Morgan fingerprint density at radius 3 is 2.43 bits per heavy atom. The van der Waals surface area contributed by atoms with Crippen LogP contribution in [-0.4, -0.2) is 25.1 Å². The van der Waals surface area contributed by atoms with Gasteiger partial charge in [0.15, 0.2) is 0 Å². The van der Waals surface area contributed by atoms with Gasteiger partial charge in [0.1, 0.15) is 6.07 Å². The van der Waals surface area contributed by atoms with Crippen molar-refractivity contribution in [1.29, 1.82) is 5.26 Å². The van der Waals surface area contributed by atoms with Crippen LogP contribution >= 0.6 is 11.8 Å². The largest absolute Gasteiger partial charge is 0.278 e. The van der Waals surface area contributed by atoms with E-state index in [2.05, 4.69) is 6.07 Å². The lowest BCUT2D eigenvalue weighted by Crippen LogP contribution is -2.25. The lowest BCUT2D eigenvalue weighted by molar-refractivity contribution is -0.0759. The summed E-state index contributed by atoms with van der Waals surface area (Å²) in [5, 5.41) is 10.3. The molecular weight excluding hydrogens is 284 g/mol. The summed E-state index contributed by atoms with van der Waals surface area (Å²) in [7, 11) is 3.01. The SMILES string of the molecule is CON(C)C(=O)c1ccccc1Sc1ccccc1C#N. The molecule has 0 aliphatic rings. The lowest BCUT2D eigenvalue weighted by atomic mass is 10.2. The van der Waals surface area contributed by atoms with Crippen molar-refractivity contribution in [2.45, 2.75) is 9.79 Å². The number of hydrogen-bond donors (Lipinski definition) is 0. The first-order chi connectivity index (χ1) is 10.2. The van der Waals surface area contributed by atoms with E-state index in [9.17, 15) is 4.79 Å². The maximum Gasteiger partial charge on any atom is 0.278 e. The van der Waals surface area contributed by atoms with Crippen LogP contribution in [0.5, 0.6) is 0 Å². The lowest BCUT2D eigenvalue weighted by Gasteiger charge is -2.16. The van der Waals surface area contributed by atoms with Crippen molar-refractivity contribution in [3.05, 3.63) is 59.7 Å². The Balaban J connectivity index is 2.38. The molecule has 0 fully saturated rings. The van der Waals surface area contributed by atoms with Gasteiger partial charge in [0.2, 0.25) is 0 Å². The van der Waals surface area contributed by atoms with Gasteiger partial charge in [0, 0.05) is 16.8 Å². The van der Waals surface area contributed by atoms with E-state index in [4.69, 9.17) is 10.1 Å². The van der Waals surface area contributed by atoms with Crippen molar-refractivity contribution in [3.8, 4) is 6.07 Å². The van der Waals surface area contributed by atoms with Crippen molar-refractivity contribution in [2.24, 2.45) is 0 Å². The second kappa shape index (κ2) is 6.93. The first-order valence-corrected chi connectivity index (χ1v) is 7.07. The molecule has 0 atom stereocenters. The van der Waals surface area contributed by atoms with Crippen LogP contribution in [0.2, 0.25) is 0 Å². The molecule has 21 heavy (non-hydrogen) atoms. The van der Waals surface area contributed by atoms with E-state index in [0.29, 0.717) is 11.1 Å². The average Bonchev–Trinajstić information content (AvgIpc) is 2.54. The van der Waals surface area contributed by atoms with E-state index in [-0.39, 0.29) is 5.91 Å². The number of nitrogens with zero attached hydrogens (tertiary/aromatic N) is 2. The summed E-state index contributed by atoms with van der Waals surface area (Å²) in [5.41, 5.74) is 1.13. The van der Waals surface area contributed by atoms with E-state index in [1.165, 1.54) is 23.9 Å². The molecular formula is C16H14N2O2S. The summed E-state index contributed by atoms with van der Waals surface area (Å²) in [6.45, 7) is 0. The van der Waals surface area contributed by atoms with Gasteiger partial charge in [-0.25, -0.2) is 5.06 Å². The Bertz CT molecular complexity index is 695. The molecule has 2 rings (SSSR count). The minimum absolute atomic E-state index is 0.227. The van der Waals surface area contributed by atoms with Gasteiger partial charge in [-0.2, -0.15) is 5.26 Å². The van der Waals surface area contributed by atoms with E-state index in [1.54, 1.807) is 25.2 Å². The Hall–Kier alpha value is -2.29. The number of hydrogen-bond acceptors (Lipinski definition) is 4. The molecule has 0 heterocycles. The van der Waals surface area contributed by atoms with Gasteiger partial charge < -0.3 is 0 Å². The number of hydroxylamine groups is 2. The molecule has 0 aliphatic carbocycles. The third-order valence-electron chi connectivity index (χ3n) is 2.90. The molecule has 0 radical (unpaired) electrons. The third-order valence-corrected chi connectivity index (χ3v) is 4.06. The van der Waals surface area contributed by atoms with Crippen LogP contribution in [0.3, 0.4) is 0 Å². The van der Waals surface area contributed by atoms with Gasteiger partial charge in [0.25, 0.3) is 5.91 Å². The molecule has 5 heteroatoms. The predicted octanol–water partition coefficient (Wildman–Crippen LogP) is 3.34. The molecule has 0 aromatic heterocycles. The Morgan fingerprint density at radius 1 is 1.14 bits per heavy atom. The summed E-state index contributed by atoms with van der Waals surface area (Å²) >= 11 is 1.40. The second-order valence-corrected chi connectivity index (χ2v) is 5.28. The smallest absolute Gasteiger partial charge is 0.274 e. The normalized spacial score (nSPS) is 9.95. The molecule has 0 spiro atoms. The topological polar surface area (TPSA) is 53.3 Å². The van der Waals surface area contributed by atoms with Crippen molar-refractivity contribution in [1.82, 2.24) is 5.06 Å². The van der Waals surface area contributed by atoms with Gasteiger partial charge in [-0.3, -0.25) is 9.63 Å². The maximum atomic E-state index is 12.3. The molecule has 1 amide bonds. The predicted molar refractivity (Wildman–Crippen MR) is 80.8 cm³/mol. The molecule has 2 aromatic carbocycles. The fourth-order valence-electron chi connectivity index (χ4n) is 1.75. The molecule has 106 valence electrons. The Kier molecular flexibility index (Phi) is 4.99. The van der Waals surface area contributed by atoms with Crippen LogP contribution in [0.4, 0.5) is 0 Å². The third kappa shape index (κ3) is 3.43. The molecule has 0 saturated heterocycles. The van der Waals surface area contributed by atoms with Crippen molar-refractivity contribution in [3.63, 3.8) is 0 Å². The fourth-order valence-corrected chi connectivity index (χ4v) is 2.77.